The van der Waals surface area contributed by atoms with Crippen molar-refractivity contribution in [1.29, 1.82) is 0 Å². The van der Waals surface area contributed by atoms with E-state index in [1.165, 1.54) is 13.2 Å². The molecule has 7 heteroatoms. The van der Waals surface area contributed by atoms with Crippen LogP contribution in [0.2, 0.25) is 0 Å². The van der Waals surface area contributed by atoms with Gasteiger partial charge in [0.25, 0.3) is 0 Å². The third-order valence-corrected chi connectivity index (χ3v) is 4.73. The number of hydrogen-bond acceptors (Lipinski definition) is 3. The van der Waals surface area contributed by atoms with Gasteiger partial charge in [-0.25, -0.2) is 4.39 Å². The van der Waals surface area contributed by atoms with Crippen molar-refractivity contribution in [3.8, 4) is 5.75 Å². The lowest BCUT2D eigenvalue weighted by molar-refractivity contribution is 0.385. The van der Waals surface area contributed by atoms with Crippen LogP contribution in [0.3, 0.4) is 0 Å². The van der Waals surface area contributed by atoms with E-state index < -0.39 is 0 Å². The number of guanidine groups is 1. The van der Waals surface area contributed by atoms with Crippen molar-refractivity contribution in [1.82, 2.24) is 10.2 Å². The normalized spacial score (nSPS) is 11.7. The summed E-state index contributed by atoms with van der Waals surface area (Å²) in [6.07, 6.45) is 2.09. The fourth-order valence-corrected chi connectivity index (χ4v) is 2.15. The number of nitrogens with zero attached hydrogens (tertiary/aromatic N) is 2. The molecule has 1 rings (SSSR count). The Bertz CT molecular complexity index is 541. The second-order valence-corrected chi connectivity index (χ2v) is 7.47. The van der Waals surface area contributed by atoms with Crippen molar-refractivity contribution in [2.75, 3.05) is 33.5 Å². The average molecular weight is 469 g/mol. The molecule has 24 heavy (non-hydrogen) atoms. The Hall–Kier alpha value is -0.700. The Labute approximate surface area is 166 Å². The van der Waals surface area contributed by atoms with Crippen LogP contribution in [0.15, 0.2) is 23.2 Å². The number of methoxy groups -OCH3 is 1. The molecule has 0 saturated heterocycles. The number of nitrogens with one attached hydrogen (secondary N) is 1. The van der Waals surface area contributed by atoms with Crippen LogP contribution >= 0.6 is 35.7 Å². The van der Waals surface area contributed by atoms with E-state index in [2.05, 4.69) is 25.4 Å². The molecule has 0 amide bonds. The molecule has 0 spiro atoms. The van der Waals surface area contributed by atoms with Crippen LogP contribution in [-0.2, 0) is 6.54 Å². The van der Waals surface area contributed by atoms with Crippen molar-refractivity contribution in [3.63, 3.8) is 0 Å². The molecule has 0 heterocycles. The summed E-state index contributed by atoms with van der Waals surface area (Å²) in [6.45, 7) is 8.47. The SMILES string of the molecule is CCNC(=NCC(C)(C)SC)N(C)Cc1ccc(OC)c(F)c1.I. The highest BCUT2D eigenvalue weighted by Crippen LogP contribution is 2.21. The minimum Gasteiger partial charge on any atom is -0.494 e. The summed E-state index contributed by atoms with van der Waals surface area (Å²) < 4.78 is 18.9. The first kappa shape index (κ1) is 23.3. The van der Waals surface area contributed by atoms with Crippen LogP contribution in [0.1, 0.15) is 26.3 Å². The molecular formula is C17H29FIN3OS. The molecule has 0 aromatic heterocycles. The zero-order valence-electron chi connectivity index (χ0n) is 15.4. The van der Waals surface area contributed by atoms with Crippen molar-refractivity contribution < 1.29 is 9.13 Å². The Morgan fingerprint density at radius 1 is 1.42 bits per heavy atom. The number of halogens is 2. The smallest absolute Gasteiger partial charge is 0.194 e. The molecule has 0 aliphatic carbocycles. The van der Waals surface area contributed by atoms with E-state index in [-0.39, 0.29) is 40.3 Å². The standard InChI is InChI=1S/C17H28FN3OS.HI/c1-7-19-16(20-12-17(2,3)23-6)21(4)11-13-8-9-15(22-5)14(18)10-13;/h8-10H,7,11-12H2,1-6H3,(H,19,20);1H. The van der Waals surface area contributed by atoms with Crippen molar-refractivity contribution >= 4 is 41.7 Å². The number of rotatable bonds is 7. The second kappa shape index (κ2) is 11.0. The predicted octanol–water partition coefficient (Wildman–Crippen LogP) is 3.99. The van der Waals surface area contributed by atoms with E-state index in [9.17, 15) is 4.39 Å². The number of hydrogen-bond donors (Lipinski definition) is 1. The van der Waals surface area contributed by atoms with Crippen LogP contribution in [0.4, 0.5) is 4.39 Å². The molecule has 138 valence electrons. The zero-order chi connectivity index (χ0) is 17.5. The third-order valence-electron chi connectivity index (χ3n) is 3.49. The molecule has 1 N–H and O–H groups in total. The van der Waals surface area contributed by atoms with Gasteiger partial charge in [0.05, 0.1) is 13.7 Å². The second-order valence-electron chi connectivity index (χ2n) is 5.96. The lowest BCUT2D eigenvalue weighted by atomic mass is 10.2. The van der Waals surface area contributed by atoms with Gasteiger partial charge in [-0.2, -0.15) is 11.8 Å². The van der Waals surface area contributed by atoms with Gasteiger partial charge in [0.2, 0.25) is 0 Å². The monoisotopic (exact) mass is 469 g/mol. The Balaban J connectivity index is 0.00000529. The average Bonchev–Trinajstić information content (AvgIpc) is 2.51. The van der Waals surface area contributed by atoms with Gasteiger partial charge in [-0.05, 0) is 44.7 Å². The van der Waals surface area contributed by atoms with Crippen LogP contribution in [0.25, 0.3) is 0 Å². The van der Waals surface area contributed by atoms with Gasteiger partial charge in [-0.3, -0.25) is 4.99 Å². The fraction of sp³-hybridized carbons (Fsp3) is 0.588. The molecule has 4 nitrogen and oxygen atoms in total. The number of thioether (sulfide) groups is 1. The van der Waals surface area contributed by atoms with E-state index in [1.807, 2.05) is 24.9 Å². The molecule has 0 aliphatic rings. The lowest BCUT2D eigenvalue weighted by Gasteiger charge is -2.25. The molecule has 0 fully saturated rings. The van der Waals surface area contributed by atoms with E-state index in [0.29, 0.717) is 6.54 Å². The first-order valence-electron chi connectivity index (χ1n) is 7.70. The van der Waals surface area contributed by atoms with E-state index in [4.69, 9.17) is 9.73 Å². The van der Waals surface area contributed by atoms with Crippen LogP contribution < -0.4 is 10.1 Å². The van der Waals surface area contributed by atoms with E-state index >= 15 is 0 Å². The largest absolute Gasteiger partial charge is 0.494 e. The highest BCUT2D eigenvalue weighted by Gasteiger charge is 2.16. The maximum Gasteiger partial charge on any atom is 0.194 e. The summed E-state index contributed by atoms with van der Waals surface area (Å²) in [6, 6.07) is 5.03. The lowest BCUT2D eigenvalue weighted by Crippen LogP contribution is -2.39. The van der Waals surface area contributed by atoms with Crippen LogP contribution in [0.5, 0.6) is 5.75 Å². The molecule has 1 aromatic rings. The Morgan fingerprint density at radius 3 is 2.58 bits per heavy atom. The van der Waals surface area contributed by atoms with Crippen molar-refractivity contribution in [2.24, 2.45) is 4.99 Å². The van der Waals surface area contributed by atoms with Gasteiger partial charge < -0.3 is 15.0 Å². The quantitative estimate of drug-likeness (QED) is 0.372. The maximum atomic E-state index is 13.8. The molecular weight excluding hydrogens is 440 g/mol. The minimum absolute atomic E-state index is 0. The topological polar surface area (TPSA) is 36.9 Å². The summed E-state index contributed by atoms with van der Waals surface area (Å²) in [7, 11) is 3.42. The summed E-state index contributed by atoms with van der Waals surface area (Å²) in [5, 5.41) is 3.28. The molecule has 0 saturated carbocycles. The van der Waals surface area contributed by atoms with E-state index in [1.54, 1.807) is 17.8 Å². The third kappa shape index (κ3) is 7.46. The fourth-order valence-electron chi connectivity index (χ4n) is 1.96. The molecule has 0 aliphatic heterocycles. The van der Waals surface area contributed by atoms with Crippen molar-refractivity contribution in [3.05, 3.63) is 29.6 Å². The first-order chi connectivity index (χ1) is 10.8. The zero-order valence-corrected chi connectivity index (χ0v) is 18.5. The summed E-state index contributed by atoms with van der Waals surface area (Å²) in [5.74, 6) is 0.744. The van der Waals surface area contributed by atoms with Gasteiger partial charge >= 0.3 is 0 Å². The van der Waals surface area contributed by atoms with E-state index in [0.717, 1.165) is 24.6 Å². The van der Waals surface area contributed by atoms with Crippen LogP contribution in [0, 0.1) is 5.82 Å². The predicted molar refractivity (Wildman–Crippen MR) is 113 cm³/mol. The summed E-state index contributed by atoms with van der Waals surface area (Å²) in [4.78, 5) is 6.70. The van der Waals surface area contributed by atoms with Gasteiger partial charge in [0.1, 0.15) is 0 Å². The molecule has 0 radical (unpaired) electrons. The van der Waals surface area contributed by atoms with Gasteiger partial charge in [0.15, 0.2) is 17.5 Å². The van der Waals surface area contributed by atoms with Crippen LogP contribution in [-0.4, -0.2) is 49.1 Å². The van der Waals surface area contributed by atoms with Gasteiger partial charge in [-0.1, -0.05) is 6.07 Å². The number of benzene rings is 1. The Kier molecular flexibility index (Phi) is 10.7. The minimum atomic E-state index is -0.344. The highest BCUT2D eigenvalue weighted by atomic mass is 127. The summed E-state index contributed by atoms with van der Waals surface area (Å²) >= 11 is 1.79. The number of ether oxygens (including phenoxy) is 1. The summed E-state index contributed by atoms with van der Waals surface area (Å²) in [5.41, 5.74) is 0.875. The molecule has 0 atom stereocenters. The number of aliphatic imine (C=N–C) groups is 1. The van der Waals surface area contributed by atoms with Gasteiger partial charge in [-0.15, -0.1) is 24.0 Å². The maximum absolute atomic E-state index is 13.8. The molecule has 0 unspecified atom stereocenters. The molecule has 0 bridgehead atoms. The highest BCUT2D eigenvalue weighted by molar-refractivity contribution is 14.0. The first-order valence-corrected chi connectivity index (χ1v) is 8.92. The van der Waals surface area contributed by atoms with Gasteiger partial charge in [0, 0.05) is 24.9 Å². The van der Waals surface area contributed by atoms with Crippen molar-refractivity contribution in [2.45, 2.75) is 32.1 Å². The Morgan fingerprint density at radius 2 is 2.08 bits per heavy atom. The molecule has 1 aromatic carbocycles.